The molecule has 0 saturated heterocycles. The normalized spacial score (nSPS) is 11.9. The van der Waals surface area contributed by atoms with Crippen molar-refractivity contribution in [3.8, 4) is 0 Å². The van der Waals surface area contributed by atoms with Gasteiger partial charge >= 0.3 is 6.18 Å². The molecule has 0 bridgehead atoms. The van der Waals surface area contributed by atoms with Crippen LogP contribution in [0.25, 0.3) is 10.9 Å². The minimum Gasteiger partial charge on any atom is -0.370 e. The predicted octanol–water partition coefficient (Wildman–Crippen LogP) is 2.58. The molecule has 0 amide bonds. The number of nitrogens with zero attached hydrogens (tertiary/aromatic N) is 1. The second-order valence-corrected chi connectivity index (χ2v) is 4.06. The van der Waals surface area contributed by atoms with Crippen LogP contribution in [0.4, 0.5) is 13.2 Å². The third kappa shape index (κ3) is 3.57. The van der Waals surface area contributed by atoms with Crippen molar-refractivity contribution in [1.29, 1.82) is 0 Å². The number of hydrogen-bond acceptors (Lipinski definition) is 2. The number of halogens is 3. The zero-order chi connectivity index (χ0) is 13.9. The van der Waals surface area contributed by atoms with Crippen molar-refractivity contribution < 1.29 is 17.9 Å². The van der Waals surface area contributed by atoms with Crippen LogP contribution in [0.15, 0.2) is 41.3 Å². The lowest BCUT2D eigenvalue weighted by Crippen LogP contribution is -2.19. The molecule has 0 spiro atoms. The molecular formula is C13H12F3NO2. The third-order valence-corrected chi connectivity index (χ3v) is 2.63. The van der Waals surface area contributed by atoms with Crippen LogP contribution in [0.5, 0.6) is 0 Å². The maximum absolute atomic E-state index is 11.9. The van der Waals surface area contributed by atoms with Crippen LogP contribution >= 0.6 is 0 Å². The fourth-order valence-electron chi connectivity index (χ4n) is 1.81. The molecule has 1 aromatic heterocycles. The second-order valence-electron chi connectivity index (χ2n) is 4.06. The monoisotopic (exact) mass is 271 g/mol. The number of para-hydroxylation sites is 1. The van der Waals surface area contributed by atoms with Crippen LogP contribution in [0, 0.1) is 0 Å². The second kappa shape index (κ2) is 5.44. The Morgan fingerprint density at radius 1 is 1.16 bits per heavy atom. The molecule has 0 aliphatic heterocycles. The SMILES string of the molecule is O=c1ccn(CCOCC(F)(F)F)c2ccccc12. The molecule has 0 saturated carbocycles. The summed E-state index contributed by atoms with van der Waals surface area (Å²) in [6.45, 7) is -1.06. The number of pyridine rings is 1. The van der Waals surface area contributed by atoms with E-state index in [9.17, 15) is 18.0 Å². The summed E-state index contributed by atoms with van der Waals surface area (Å²) < 4.78 is 42.0. The van der Waals surface area contributed by atoms with Gasteiger partial charge in [0.15, 0.2) is 5.43 Å². The lowest BCUT2D eigenvalue weighted by Gasteiger charge is -2.11. The summed E-state index contributed by atoms with van der Waals surface area (Å²) in [6.07, 6.45) is -2.76. The summed E-state index contributed by atoms with van der Waals surface area (Å²) in [5, 5.41) is 0.542. The first-order chi connectivity index (χ1) is 8.97. The molecule has 1 heterocycles. The van der Waals surface area contributed by atoms with Crippen molar-refractivity contribution in [2.24, 2.45) is 0 Å². The number of benzene rings is 1. The first-order valence-electron chi connectivity index (χ1n) is 5.70. The number of alkyl halides is 3. The van der Waals surface area contributed by atoms with Crippen molar-refractivity contribution >= 4 is 10.9 Å². The maximum atomic E-state index is 11.9. The van der Waals surface area contributed by atoms with Crippen molar-refractivity contribution in [2.45, 2.75) is 12.7 Å². The Balaban J connectivity index is 2.09. The molecule has 1 aromatic carbocycles. The van der Waals surface area contributed by atoms with E-state index in [1.54, 1.807) is 35.0 Å². The molecule has 2 rings (SSSR count). The Hall–Kier alpha value is -1.82. The van der Waals surface area contributed by atoms with Gasteiger partial charge in [0, 0.05) is 24.2 Å². The summed E-state index contributed by atoms with van der Waals surface area (Å²) in [5.74, 6) is 0. The molecule has 0 unspecified atom stereocenters. The van der Waals surface area contributed by atoms with E-state index < -0.39 is 12.8 Å². The fourth-order valence-corrected chi connectivity index (χ4v) is 1.81. The van der Waals surface area contributed by atoms with Crippen molar-refractivity contribution in [3.63, 3.8) is 0 Å². The van der Waals surface area contributed by atoms with E-state index in [-0.39, 0.29) is 18.6 Å². The third-order valence-electron chi connectivity index (χ3n) is 2.63. The zero-order valence-corrected chi connectivity index (χ0v) is 9.98. The Kier molecular flexibility index (Phi) is 3.90. The molecule has 0 atom stereocenters. The van der Waals surface area contributed by atoms with Gasteiger partial charge < -0.3 is 9.30 Å². The summed E-state index contributed by atoms with van der Waals surface area (Å²) in [7, 11) is 0. The Morgan fingerprint density at radius 2 is 1.89 bits per heavy atom. The molecule has 0 radical (unpaired) electrons. The standard InChI is InChI=1S/C13H12F3NO2/c14-13(15,16)9-19-8-7-17-6-5-12(18)10-3-1-2-4-11(10)17/h1-6H,7-9H2. The smallest absolute Gasteiger partial charge is 0.370 e. The Morgan fingerprint density at radius 3 is 2.63 bits per heavy atom. The van der Waals surface area contributed by atoms with E-state index in [0.29, 0.717) is 10.9 Å². The van der Waals surface area contributed by atoms with Crippen LogP contribution in [0.1, 0.15) is 0 Å². The number of fused-ring (bicyclic) bond motifs is 1. The summed E-state index contributed by atoms with van der Waals surface area (Å²) in [4.78, 5) is 11.6. The largest absolute Gasteiger partial charge is 0.411 e. The summed E-state index contributed by atoms with van der Waals surface area (Å²) in [5.41, 5.74) is 0.577. The topological polar surface area (TPSA) is 31.2 Å². The molecule has 3 nitrogen and oxygen atoms in total. The van der Waals surface area contributed by atoms with Gasteiger partial charge in [-0.3, -0.25) is 4.79 Å². The quantitative estimate of drug-likeness (QED) is 0.800. The lowest BCUT2D eigenvalue weighted by atomic mass is 10.2. The molecule has 0 aliphatic carbocycles. The number of rotatable bonds is 4. The van der Waals surface area contributed by atoms with Gasteiger partial charge in [0.1, 0.15) is 6.61 Å². The zero-order valence-electron chi connectivity index (χ0n) is 9.98. The van der Waals surface area contributed by atoms with Crippen LogP contribution in [-0.4, -0.2) is 24.0 Å². The van der Waals surface area contributed by atoms with Gasteiger partial charge in [0.05, 0.1) is 12.1 Å². The van der Waals surface area contributed by atoms with E-state index in [1.807, 2.05) is 0 Å². The first-order valence-corrected chi connectivity index (χ1v) is 5.70. The van der Waals surface area contributed by atoms with Crippen LogP contribution in [0.2, 0.25) is 0 Å². The minimum atomic E-state index is -4.31. The molecular weight excluding hydrogens is 259 g/mol. The van der Waals surface area contributed by atoms with E-state index in [0.717, 1.165) is 0 Å². The van der Waals surface area contributed by atoms with Crippen LogP contribution in [-0.2, 0) is 11.3 Å². The van der Waals surface area contributed by atoms with E-state index in [2.05, 4.69) is 4.74 Å². The van der Waals surface area contributed by atoms with Gasteiger partial charge in [-0.25, -0.2) is 0 Å². The highest BCUT2D eigenvalue weighted by molar-refractivity contribution is 5.78. The maximum Gasteiger partial charge on any atom is 0.411 e. The highest BCUT2D eigenvalue weighted by Gasteiger charge is 2.27. The highest BCUT2D eigenvalue weighted by atomic mass is 19.4. The molecule has 2 aromatic rings. The average Bonchev–Trinajstić information content (AvgIpc) is 2.36. The van der Waals surface area contributed by atoms with E-state index >= 15 is 0 Å². The number of hydrogen-bond donors (Lipinski definition) is 0. The van der Waals surface area contributed by atoms with Gasteiger partial charge in [0.25, 0.3) is 0 Å². The van der Waals surface area contributed by atoms with E-state index in [1.165, 1.54) is 6.07 Å². The van der Waals surface area contributed by atoms with Gasteiger partial charge in [-0.1, -0.05) is 12.1 Å². The molecule has 0 fully saturated rings. The highest BCUT2D eigenvalue weighted by Crippen LogP contribution is 2.14. The van der Waals surface area contributed by atoms with Crippen molar-refractivity contribution in [2.75, 3.05) is 13.2 Å². The van der Waals surface area contributed by atoms with Gasteiger partial charge in [-0.2, -0.15) is 13.2 Å². The first kappa shape index (κ1) is 13.6. The minimum absolute atomic E-state index is 0.0631. The molecule has 102 valence electrons. The van der Waals surface area contributed by atoms with Crippen molar-refractivity contribution in [1.82, 2.24) is 4.57 Å². The van der Waals surface area contributed by atoms with E-state index in [4.69, 9.17) is 0 Å². The average molecular weight is 271 g/mol. The number of ether oxygens (including phenoxy) is 1. The van der Waals surface area contributed by atoms with Gasteiger partial charge in [-0.15, -0.1) is 0 Å². The number of aromatic nitrogens is 1. The van der Waals surface area contributed by atoms with Gasteiger partial charge in [0.2, 0.25) is 0 Å². The molecule has 6 heteroatoms. The Labute approximate surface area is 107 Å². The predicted molar refractivity (Wildman–Crippen MR) is 65.1 cm³/mol. The Bertz CT molecular complexity index is 619. The summed E-state index contributed by atoms with van der Waals surface area (Å²) in [6, 6.07) is 8.35. The molecule has 0 N–H and O–H groups in total. The molecule has 0 aliphatic rings. The lowest BCUT2D eigenvalue weighted by molar-refractivity contribution is -0.174. The summed E-state index contributed by atoms with van der Waals surface area (Å²) >= 11 is 0. The molecule has 19 heavy (non-hydrogen) atoms. The van der Waals surface area contributed by atoms with Crippen molar-refractivity contribution in [3.05, 3.63) is 46.8 Å². The van der Waals surface area contributed by atoms with Crippen LogP contribution in [0.3, 0.4) is 0 Å². The van der Waals surface area contributed by atoms with Crippen LogP contribution < -0.4 is 5.43 Å². The van der Waals surface area contributed by atoms with Gasteiger partial charge in [-0.05, 0) is 12.1 Å². The fraction of sp³-hybridized carbons (Fsp3) is 0.308.